The fourth-order valence-electron chi connectivity index (χ4n) is 2.89. The van der Waals surface area contributed by atoms with Gasteiger partial charge in [-0.3, -0.25) is 4.79 Å². The van der Waals surface area contributed by atoms with E-state index in [0.717, 1.165) is 32.4 Å². The van der Waals surface area contributed by atoms with Gasteiger partial charge in [0.1, 0.15) is 9.84 Å². The Morgan fingerprint density at radius 3 is 2.55 bits per heavy atom. The zero-order valence-electron chi connectivity index (χ0n) is 12.1. The molecule has 1 heterocycles. The number of hydrogen-bond donors (Lipinski definition) is 2. The van der Waals surface area contributed by atoms with Gasteiger partial charge in [0.15, 0.2) is 0 Å². The number of carbonyl (C=O) groups is 1. The van der Waals surface area contributed by atoms with E-state index in [-0.39, 0.29) is 35.5 Å². The van der Waals surface area contributed by atoms with Crippen LogP contribution in [0.25, 0.3) is 0 Å². The Morgan fingerprint density at radius 1 is 1.40 bits per heavy atom. The van der Waals surface area contributed by atoms with Crippen LogP contribution < -0.4 is 10.6 Å². The summed E-state index contributed by atoms with van der Waals surface area (Å²) in [6, 6.07) is 0.176. The molecule has 5 nitrogen and oxygen atoms in total. The Morgan fingerprint density at radius 2 is 2.05 bits per heavy atom. The van der Waals surface area contributed by atoms with E-state index in [4.69, 9.17) is 0 Å². The first-order chi connectivity index (χ1) is 8.80. The molecule has 1 saturated carbocycles. The molecule has 1 saturated heterocycles. The van der Waals surface area contributed by atoms with Crippen molar-refractivity contribution in [3.05, 3.63) is 0 Å². The highest BCUT2D eigenvalue weighted by atomic mass is 35.5. The molecule has 0 aromatic carbocycles. The molecule has 0 aromatic rings. The molecule has 20 heavy (non-hydrogen) atoms. The summed E-state index contributed by atoms with van der Waals surface area (Å²) in [4.78, 5) is 12.1. The van der Waals surface area contributed by atoms with Crippen LogP contribution in [0, 0.1) is 11.3 Å². The van der Waals surface area contributed by atoms with Crippen LogP contribution in [0.15, 0.2) is 0 Å². The number of carbonyl (C=O) groups excluding carboxylic acids is 1. The second-order valence-corrected chi connectivity index (χ2v) is 8.53. The minimum Gasteiger partial charge on any atom is -0.352 e. The molecule has 1 amide bonds. The number of rotatable bonds is 5. The van der Waals surface area contributed by atoms with Crippen LogP contribution in [-0.4, -0.2) is 45.5 Å². The van der Waals surface area contributed by atoms with Crippen molar-refractivity contribution in [3.63, 3.8) is 0 Å². The molecule has 2 atom stereocenters. The SMILES string of the molecule is CC1CCNCC1NC(=O)CC1(CS(C)(=O)=O)CC1.Cl. The minimum atomic E-state index is -3.00. The van der Waals surface area contributed by atoms with Crippen LogP contribution in [0.4, 0.5) is 0 Å². The van der Waals surface area contributed by atoms with Gasteiger partial charge in [0.05, 0.1) is 5.75 Å². The van der Waals surface area contributed by atoms with Gasteiger partial charge in [0.25, 0.3) is 0 Å². The van der Waals surface area contributed by atoms with E-state index in [1.54, 1.807) is 0 Å². The third kappa shape index (κ3) is 5.22. The Bertz CT molecular complexity index is 449. The molecular weight excluding hydrogens is 300 g/mol. The predicted molar refractivity (Wildman–Crippen MR) is 81.8 cm³/mol. The molecule has 2 fully saturated rings. The van der Waals surface area contributed by atoms with Gasteiger partial charge in [-0.2, -0.15) is 0 Å². The first-order valence-electron chi connectivity index (χ1n) is 6.98. The molecule has 2 unspecified atom stereocenters. The van der Waals surface area contributed by atoms with E-state index in [9.17, 15) is 13.2 Å². The van der Waals surface area contributed by atoms with Crippen molar-refractivity contribution in [1.29, 1.82) is 0 Å². The standard InChI is InChI=1S/C13H24N2O3S.ClH/c1-10-3-6-14-8-11(10)15-12(16)7-13(4-5-13)9-19(2,17)18;/h10-11,14H,3-9H2,1-2H3,(H,15,16);1H. The third-order valence-corrected chi connectivity index (χ3v) is 5.37. The normalized spacial score (nSPS) is 28.3. The average molecular weight is 325 g/mol. The number of sulfone groups is 1. The minimum absolute atomic E-state index is 0. The highest BCUT2D eigenvalue weighted by molar-refractivity contribution is 7.90. The lowest BCUT2D eigenvalue weighted by Crippen LogP contribution is -2.50. The van der Waals surface area contributed by atoms with E-state index < -0.39 is 9.84 Å². The van der Waals surface area contributed by atoms with Gasteiger partial charge in [0.2, 0.25) is 5.91 Å². The lowest BCUT2D eigenvalue weighted by atomic mass is 9.94. The van der Waals surface area contributed by atoms with Gasteiger partial charge < -0.3 is 10.6 Å². The van der Waals surface area contributed by atoms with Crippen molar-refractivity contribution in [1.82, 2.24) is 10.6 Å². The van der Waals surface area contributed by atoms with Gasteiger partial charge >= 0.3 is 0 Å². The van der Waals surface area contributed by atoms with Crippen molar-refractivity contribution in [2.24, 2.45) is 11.3 Å². The lowest BCUT2D eigenvalue weighted by molar-refractivity contribution is -0.123. The Balaban J connectivity index is 0.00000200. The molecule has 1 aliphatic heterocycles. The maximum atomic E-state index is 12.1. The zero-order chi connectivity index (χ0) is 14.1. The Kier molecular flexibility index (Phi) is 5.87. The topological polar surface area (TPSA) is 75.3 Å². The van der Waals surface area contributed by atoms with Gasteiger partial charge in [0, 0.05) is 25.3 Å². The van der Waals surface area contributed by atoms with Gasteiger partial charge in [-0.05, 0) is 37.1 Å². The summed E-state index contributed by atoms with van der Waals surface area (Å²) in [5.74, 6) is 0.628. The first-order valence-corrected chi connectivity index (χ1v) is 9.04. The first kappa shape index (κ1) is 17.7. The fraction of sp³-hybridized carbons (Fsp3) is 0.923. The van der Waals surface area contributed by atoms with Gasteiger partial charge in [-0.15, -0.1) is 12.4 Å². The number of halogens is 1. The van der Waals surface area contributed by atoms with Gasteiger partial charge in [-0.25, -0.2) is 8.42 Å². The molecule has 2 N–H and O–H groups in total. The van der Waals surface area contributed by atoms with E-state index in [1.165, 1.54) is 6.26 Å². The monoisotopic (exact) mass is 324 g/mol. The molecule has 2 rings (SSSR count). The zero-order valence-corrected chi connectivity index (χ0v) is 13.8. The number of nitrogens with one attached hydrogen (secondary N) is 2. The summed E-state index contributed by atoms with van der Waals surface area (Å²) in [5, 5.41) is 6.33. The second kappa shape index (κ2) is 6.62. The van der Waals surface area contributed by atoms with Crippen LogP contribution in [0.1, 0.15) is 32.6 Å². The Hall–Kier alpha value is -0.330. The van der Waals surface area contributed by atoms with Crippen LogP contribution in [0.2, 0.25) is 0 Å². The summed E-state index contributed by atoms with van der Waals surface area (Å²) in [6.07, 6.45) is 4.37. The van der Waals surface area contributed by atoms with Crippen molar-refractivity contribution >= 4 is 28.2 Å². The quantitative estimate of drug-likeness (QED) is 0.782. The molecule has 7 heteroatoms. The van der Waals surface area contributed by atoms with Crippen molar-refractivity contribution in [2.75, 3.05) is 25.1 Å². The lowest BCUT2D eigenvalue weighted by Gasteiger charge is -2.30. The fourth-order valence-corrected chi connectivity index (χ4v) is 4.39. The maximum absolute atomic E-state index is 12.1. The molecule has 0 radical (unpaired) electrons. The third-order valence-electron chi connectivity index (χ3n) is 4.24. The van der Waals surface area contributed by atoms with Crippen molar-refractivity contribution in [3.8, 4) is 0 Å². The number of piperidine rings is 1. The van der Waals surface area contributed by atoms with Gasteiger partial charge in [-0.1, -0.05) is 6.92 Å². The molecule has 0 bridgehead atoms. The summed E-state index contributed by atoms with van der Waals surface area (Å²) in [6.45, 7) is 3.96. The van der Waals surface area contributed by atoms with Crippen LogP contribution in [-0.2, 0) is 14.6 Å². The molecule has 1 aliphatic carbocycles. The predicted octanol–water partition coefficient (Wildman–Crippen LogP) is 0.737. The summed E-state index contributed by atoms with van der Waals surface area (Å²) < 4.78 is 22.7. The van der Waals surface area contributed by atoms with E-state index in [0.29, 0.717) is 12.3 Å². The molecule has 0 aromatic heterocycles. The van der Waals surface area contributed by atoms with Crippen molar-refractivity contribution < 1.29 is 13.2 Å². The molecular formula is C13H25ClN2O3S. The highest BCUT2D eigenvalue weighted by Crippen LogP contribution is 2.49. The molecule has 0 spiro atoms. The van der Waals surface area contributed by atoms with Crippen LogP contribution in [0.5, 0.6) is 0 Å². The maximum Gasteiger partial charge on any atom is 0.220 e. The number of hydrogen-bond acceptors (Lipinski definition) is 4. The Labute approximate surface area is 127 Å². The second-order valence-electron chi connectivity index (χ2n) is 6.39. The van der Waals surface area contributed by atoms with E-state index in [2.05, 4.69) is 17.6 Å². The highest BCUT2D eigenvalue weighted by Gasteiger charge is 2.46. The van der Waals surface area contributed by atoms with E-state index in [1.807, 2.05) is 0 Å². The average Bonchev–Trinajstić information content (AvgIpc) is 2.98. The summed E-state index contributed by atoms with van der Waals surface area (Å²) in [5.41, 5.74) is -0.275. The molecule has 2 aliphatic rings. The summed E-state index contributed by atoms with van der Waals surface area (Å²) in [7, 11) is -3.00. The summed E-state index contributed by atoms with van der Waals surface area (Å²) >= 11 is 0. The van der Waals surface area contributed by atoms with E-state index >= 15 is 0 Å². The smallest absolute Gasteiger partial charge is 0.220 e. The van der Waals surface area contributed by atoms with Crippen molar-refractivity contribution in [2.45, 2.75) is 38.6 Å². The van der Waals surface area contributed by atoms with Crippen LogP contribution >= 0.6 is 12.4 Å². The van der Waals surface area contributed by atoms with Crippen LogP contribution in [0.3, 0.4) is 0 Å². The number of amides is 1. The molecule has 118 valence electrons. The largest absolute Gasteiger partial charge is 0.352 e.